The molecule has 0 aromatic heterocycles. The lowest BCUT2D eigenvalue weighted by Gasteiger charge is -2.37. The van der Waals surface area contributed by atoms with Gasteiger partial charge in [-0.05, 0) is 39.3 Å². The lowest BCUT2D eigenvalue weighted by Crippen LogP contribution is -2.50. The van der Waals surface area contributed by atoms with E-state index in [1.807, 2.05) is 0 Å². The van der Waals surface area contributed by atoms with Crippen LogP contribution in [0, 0.1) is 6.92 Å². The van der Waals surface area contributed by atoms with Gasteiger partial charge in [0.25, 0.3) is 0 Å². The molecule has 0 saturated carbocycles. The summed E-state index contributed by atoms with van der Waals surface area (Å²) in [5.74, 6) is -1.73. The number of benzene rings is 1. The van der Waals surface area contributed by atoms with Crippen LogP contribution >= 0.6 is 0 Å². The fourth-order valence-electron chi connectivity index (χ4n) is 2.84. The summed E-state index contributed by atoms with van der Waals surface area (Å²) >= 11 is 0. The minimum absolute atomic E-state index is 0.203. The molecule has 1 aromatic rings. The van der Waals surface area contributed by atoms with Crippen LogP contribution in [0.3, 0.4) is 0 Å². The van der Waals surface area contributed by atoms with E-state index in [0.717, 1.165) is 6.07 Å². The highest BCUT2D eigenvalue weighted by Crippen LogP contribution is 2.31. The number of carbonyl (C=O) groups is 2. The van der Waals surface area contributed by atoms with Crippen LogP contribution in [0.5, 0.6) is 5.75 Å². The molecule has 1 heterocycles. The highest BCUT2D eigenvalue weighted by Gasteiger charge is 2.28. The number of anilines is 1. The van der Waals surface area contributed by atoms with Gasteiger partial charge in [0, 0.05) is 37.9 Å². The van der Waals surface area contributed by atoms with Gasteiger partial charge >= 0.3 is 22.6 Å². The number of aromatic carboxylic acids is 1. The third-order valence-electron chi connectivity index (χ3n) is 4.05. The average molecular weight is 418 g/mol. The second kappa shape index (κ2) is 7.82. The zero-order valence-corrected chi connectivity index (χ0v) is 16.9. The summed E-state index contributed by atoms with van der Waals surface area (Å²) in [7, 11) is -5.30. The number of carbonyl (C=O) groups excluding carboxylic acids is 1. The number of ether oxygens (including phenoxy) is 1. The molecule has 1 N–H and O–H groups in total. The fraction of sp³-hybridized carbons (Fsp3) is 0.529. The van der Waals surface area contributed by atoms with Gasteiger partial charge in [-0.3, -0.25) is 0 Å². The molecule has 1 aliphatic heterocycles. The van der Waals surface area contributed by atoms with Gasteiger partial charge in [0.05, 0.1) is 5.56 Å². The second-order valence-electron chi connectivity index (χ2n) is 7.35. The Morgan fingerprint density at radius 1 is 1.14 bits per heavy atom. The van der Waals surface area contributed by atoms with E-state index in [1.165, 1.54) is 11.0 Å². The molecule has 0 spiro atoms. The maximum absolute atomic E-state index is 12.9. The summed E-state index contributed by atoms with van der Waals surface area (Å²) in [6, 6.07) is 2.22. The van der Waals surface area contributed by atoms with Crippen molar-refractivity contribution in [2.24, 2.45) is 0 Å². The molecule has 11 heteroatoms. The van der Waals surface area contributed by atoms with Crippen LogP contribution in [0.4, 0.5) is 14.4 Å². The van der Waals surface area contributed by atoms with E-state index in [0.29, 0.717) is 37.4 Å². The molecular formula is C17H23FN2O7S. The molecule has 0 bridgehead atoms. The normalized spacial score (nSPS) is 15.3. The highest BCUT2D eigenvalue weighted by molar-refractivity contribution is 7.81. The predicted molar refractivity (Wildman–Crippen MR) is 98.8 cm³/mol. The summed E-state index contributed by atoms with van der Waals surface area (Å²) in [5.41, 5.74) is -0.0556. The van der Waals surface area contributed by atoms with Crippen LogP contribution in [-0.2, 0) is 15.2 Å². The Morgan fingerprint density at radius 2 is 1.71 bits per heavy atom. The summed E-state index contributed by atoms with van der Waals surface area (Å²) in [6.07, 6.45) is -0.448. The van der Waals surface area contributed by atoms with Gasteiger partial charge in [-0.25, -0.2) is 9.59 Å². The van der Waals surface area contributed by atoms with E-state index in [2.05, 4.69) is 4.18 Å². The molecule has 1 amide bonds. The quantitative estimate of drug-likeness (QED) is 0.742. The van der Waals surface area contributed by atoms with E-state index in [-0.39, 0.29) is 5.56 Å². The molecule has 156 valence electrons. The topological polar surface area (TPSA) is 113 Å². The molecule has 9 nitrogen and oxygen atoms in total. The molecule has 1 fully saturated rings. The van der Waals surface area contributed by atoms with Crippen molar-refractivity contribution in [1.29, 1.82) is 0 Å². The second-order valence-corrected chi connectivity index (χ2v) is 8.30. The zero-order chi connectivity index (χ0) is 21.3. The number of hydrogen-bond acceptors (Lipinski definition) is 7. The van der Waals surface area contributed by atoms with Gasteiger partial charge in [0.1, 0.15) is 11.4 Å². The van der Waals surface area contributed by atoms with Crippen LogP contribution in [0.25, 0.3) is 0 Å². The summed E-state index contributed by atoms with van der Waals surface area (Å²) in [6.45, 7) is 8.21. The zero-order valence-electron chi connectivity index (χ0n) is 16.1. The van der Waals surface area contributed by atoms with Crippen molar-refractivity contribution < 1.29 is 35.9 Å². The number of hydrogen-bond donors (Lipinski definition) is 1. The Labute approximate surface area is 163 Å². The number of rotatable bonds is 4. The van der Waals surface area contributed by atoms with Gasteiger partial charge in [-0.2, -0.15) is 8.42 Å². The third-order valence-corrected chi connectivity index (χ3v) is 4.44. The summed E-state index contributed by atoms with van der Waals surface area (Å²) < 4.78 is 44.0. The molecular weight excluding hydrogens is 395 g/mol. The fourth-order valence-corrected chi connectivity index (χ4v) is 3.17. The largest absolute Gasteiger partial charge is 0.488 e. The van der Waals surface area contributed by atoms with Crippen LogP contribution < -0.4 is 9.08 Å². The molecule has 0 radical (unpaired) electrons. The van der Waals surface area contributed by atoms with E-state index in [4.69, 9.17) is 4.74 Å². The number of nitrogens with zero attached hydrogens (tertiary/aromatic N) is 2. The number of amides is 1. The number of piperazine rings is 1. The molecule has 1 aromatic carbocycles. The van der Waals surface area contributed by atoms with Gasteiger partial charge in [0.15, 0.2) is 0 Å². The minimum atomic E-state index is -5.30. The van der Waals surface area contributed by atoms with Gasteiger partial charge < -0.3 is 23.8 Å². The predicted octanol–water partition coefficient (Wildman–Crippen LogP) is 2.34. The Balaban J connectivity index is 2.23. The van der Waals surface area contributed by atoms with Crippen LogP contribution in [0.2, 0.25) is 0 Å². The standard InChI is InChI=1S/C17H23FN2O7S/c1-11-13(15(21)22)9-12(27-28(18,24)25)10-14(11)19-5-7-20(8-6-19)16(23)26-17(2,3)4/h9-10H,5-8H2,1-4H3,(H,21,22). The summed E-state index contributed by atoms with van der Waals surface area (Å²) in [4.78, 5) is 26.9. The summed E-state index contributed by atoms with van der Waals surface area (Å²) in [5, 5.41) is 9.35. The molecule has 28 heavy (non-hydrogen) atoms. The minimum Gasteiger partial charge on any atom is -0.478 e. The smallest absolute Gasteiger partial charge is 0.478 e. The van der Waals surface area contributed by atoms with Crippen molar-refractivity contribution in [3.8, 4) is 5.75 Å². The lowest BCUT2D eigenvalue weighted by atomic mass is 10.0. The van der Waals surface area contributed by atoms with Crippen molar-refractivity contribution in [3.63, 3.8) is 0 Å². The van der Waals surface area contributed by atoms with Crippen molar-refractivity contribution in [1.82, 2.24) is 4.90 Å². The Kier molecular flexibility index (Phi) is 6.07. The van der Waals surface area contributed by atoms with Crippen molar-refractivity contribution in [2.75, 3.05) is 31.1 Å². The Morgan fingerprint density at radius 3 is 2.18 bits per heavy atom. The van der Waals surface area contributed by atoms with Crippen molar-refractivity contribution >= 4 is 28.3 Å². The first-order valence-electron chi connectivity index (χ1n) is 8.52. The first kappa shape index (κ1) is 21.7. The first-order chi connectivity index (χ1) is 12.8. The average Bonchev–Trinajstić information content (AvgIpc) is 2.53. The molecule has 1 saturated heterocycles. The van der Waals surface area contributed by atoms with Crippen molar-refractivity contribution in [2.45, 2.75) is 33.3 Å². The Bertz CT molecular complexity index is 872. The van der Waals surface area contributed by atoms with Gasteiger partial charge in [-0.15, -0.1) is 0 Å². The maximum atomic E-state index is 12.9. The SMILES string of the molecule is Cc1c(C(=O)O)cc(OS(=O)(=O)F)cc1N1CCN(C(=O)OC(C)(C)C)CC1. The van der Waals surface area contributed by atoms with E-state index in [9.17, 15) is 27.0 Å². The van der Waals surface area contributed by atoms with E-state index in [1.54, 1.807) is 32.6 Å². The lowest BCUT2D eigenvalue weighted by molar-refractivity contribution is 0.0240. The molecule has 1 aliphatic rings. The third kappa shape index (κ3) is 5.72. The number of carboxylic acids is 1. The van der Waals surface area contributed by atoms with Gasteiger partial charge in [0.2, 0.25) is 0 Å². The van der Waals surface area contributed by atoms with E-state index >= 15 is 0 Å². The molecule has 2 rings (SSSR count). The molecule has 0 atom stereocenters. The van der Waals surface area contributed by atoms with Crippen molar-refractivity contribution in [3.05, 3.63) is 23.3 Å². The van der Waals surface area contributed by atoms with Gasteiger partial charge in [-0.1, -0.05) is 3.89 Å². The van der Waals surface area contributed by atoms with E-state index < -0.39 is 33.9 Å². The van der Waals surface area contributed by atoms with Crippen LogP contribution in [0.1, 0.15) is 36.7 Å². The number of halogens is 1. The first-order valence-corrected chi connectivity index (χ1v) is 9.82. The molecule has 0 aliphatic carbocycles. The monoisotopic (exact) mass is 418 g/mol. The Hall–Kier alpha value is -2.56. The van der Waals surface area contributed by atoms with Crippen LogP contribution in [0.15, 0.2) is 12.1 Å². The van der Waals surface area contributed by atoms with Crippen LogP contribution in [-0.4, -0.2) is 62.3 Å². The highest BCUT2D eigenvalue weighted by atomic mass is 32.3. The number of carboxylic acid groups (broad SMARTS) is 1. The molecule has 0 unspecified atom stereocenters. The maximum Gasteiger partial charge on any atom is 0.488 e.